The summed E-state index contributed by atoms with van der Waals surface area (Å²) in [4.78, 5) is 19.3. The third-order valence-corrected chi connectivity index (χ3v) is 2.00. The van der Waals surface area contributed by atoms with Gasteiger partial charge >= 0.3 is 0 Å². The molecule has 2 aromatic heterocycles. The molecule has 0 fully saturated rings. The van der Waals surface area contributed by atoms with Crippen LogP contribution in [0.15, 0.2) is 18.6 Å². The maximum absolute atomic E-state index is 11.3. The molecule has 0 aromatic carbocycles. The number of nitrogens with two attached hydrogens (primary N) is 1. The van der Waals surface area contributed by atoms with E-state index in [9.17, 15) is 4.79 Å². The fraction of sp³-hybridized carbons (Fsp3) is 0.222. The molecule has 2 N–H and O–H groups in total. The van der Waals surface area contributed by atoms with E-state index in [0.29, 0.717) is 17.2 Å². The van der Waals surface area contributed by atoms with Crippen LogP contribution in [0.3, 0.4) is 0 Å². The van der Waals surface area contributed by atoms with Gasteiger partial charge in [0.2, 0.25) is 5.88 Å². The fourth-order valence-electron chi connectivity index (χ4n) is 1.22. The van der Waals surface area contributed by atoms with Crippen LogP contribution in [-0.2, 0) is 0 Å². The molecule has 0 spiro atoms. The van der Waals surface area contributed by atoms with Gasteiger partial charge in [0.05, 0.1) is 26.0 Å². The summed E-state index contributed by atoms with van der Waals surface area (Å²) in [6, 6.07) is 0. The van der Waals surface area contributed by atoms with Crippen molar-refractivity contribution in [2.45, 2.75) is 0 Å². The summed E-state index contributed by atoms with van der Waals surface area (Å²) in [5, 5.41) is 0. The molecule has 0 aliphatic rings. The molecule has 0 saturated heterocycles. The number of rotatable bonds is 3. The Morgan fingerprint density at radius 2 is 2.40 bits per heavy atom. The molecule has 6 heteroatoms. The molecule has 0 unspecified atom stereocenters. The molecule has 2 aromatic rings. The number of methoxy groups -OCH3 is 1. The van der Waals surface area contributed by atoms with Crippen LogP contribution in [0.2, 0.25) is 0 Å². The van der Waals surface area contributed by atoms with Gasteiger partial charge in [0, 0.05) is 6.20 Å². The molecule has 2 heterocycles. The second-order valence-corrected chi connectivity index (χ2v) is 2.95. The van der Waals surface area contributed by atoms with Gasteiger partial charge in [-0.15, -0.1) is 0 Å². The molecule has 0 amide bonds. The van der Waals surface area contributed by atoms with Crippen LogP contribution in [-0.4, -0.2) is 33.8 Å². The van der Waals surface area contributed by atoms with Gasteiger partial charge in [-0.3, -0.25) is 9.20 Å². The van der Waals surface area contributed by atoms with Gasteiger partial charge in [-0.2, -0.15) is 0 Å². The molecule has 0 atom stereocenters. The van der Waals surface area contributed by atoms with Crippen LogP contribution >= 0.6 is 0 Å². The molecule has 0 radical (unpaired) electrons. The van der Waals surface area contributed by atoms with Crippen LogP contribution < -0.4 is 10.5 Å². The van der Waals surface area contributed by atoms with Crippen LogP contribution in [0, 0.1) is 0 Å². The molecule has 0 saturated carbocycles. The van der Waals surface area contributed by atoms with Gasteiger partial charge in [-0.1, -0.05) is 0 Å². The average Bonchev–Trinajstić information content (AvgIpc) is 2.70. The first-order valence-corrected chi connectivity index (χ1v) is 4.36. The predicted octanol–water partition coefficient (Wildman–Crippen LogP) is -0.121. The highest BCUT2D eigenvalue weighted by atomic mass is 16.5. The Balaban J connectivity index is 2.51. The normalized spacial score (nSPS) is 10.5. The van der Waals surface area contributed by atoms with Gasteiger partial charge in [0.25, 0.3) is 0 Å². The zero-order chi connectivity index (χ0) is 10.8. The Morgan fingerprint density at radius 1 is 1.60 bits per heavy atom. The molecule has 0 aliphatic carbocycles. The number of hydrogen-bond donors (Lipinski definition) is 1. The third kappa shape index (κ3) is 1.66. The Kier molecular flexibility index (Phi) is 2.34. The van der Waals surface area contributed by atoms with E-state index >= 15 is 0 Å². The van der Waals surface area contributed by atoms with Gasteiger partial charge < -0.3 is 10.5 Å². The van der Waals surface area contributed by atoms with E-state index in [4.69, 9.17) is 10.5 Å². The van der Waals surface area contributed by atoms with E-state index in [0.717, 1.165) is 0 Å². The van der Waals surface area contributed by atoms with Crippen molar-refractivity contribution in [2.75, 3.05) is 13.7 Å². The van der Waals surface area contributed by atoms with Gasteiger partial charge in [0.15, 0.2) is 11.4 Å². The van der Waals surface area contributed by atoms with Crippen molar-refractivity contribution in [1.82, 2.24) is 14.4 Å². The highest BCUT2D eigenvalue weighted by molar-refractivity contribution is 5.96. The first-order chi connectivity index (χ1) is 7.24. The molecular formula is C9H10N4O2. The average molecular weight is 206 g/mol. The van der Waals surface area contributed by atoms with Crippen LogP contribution in [0.5, 0.6) is 5.88 Å². The number of carbonyl (C=O) groups excluding carboxylic acids is 1. The number of nitrogens with zero attached hydrogens (tertiary/aromatic N) is 3. The number of fused-ring (bicyclic) bond motifs is 1. The Bertz CT molecular complexity index is 506. The molecule has 2 rings (SSSR count). The molecular weight excluding hydrogens is 196 g/mol. The minimum atomic E-state index is -0.197. The number of carbonyl (C=O) groups is 1. The number of ketones is 1. The lowest BCUT2D eigenvalue weighted by molar-refractivity contribution is 0.0997. The first kappa shape index (κ1) is 9.60. The van der Waals surface area contributed by atoms with Crippen molar-refractivity contribution in [3.05, 3.63) is 24.3 Å². The smallest absolute Gasteiger partial charge is 0.230 e. The number of aromatic nitrogens is 3. The molecule has 15 heavy (non-hydrogen) atoms. The fourth-order valence-corrected chi connectivity index (χ4v) is 1.22. The maximum Gasteiger partial charge on any atom is 0.230 e. The van der Waals surface area contributed by atoms with Gasteiger partial charge in [0.1, 0.15) is 5.69 Å². The zero-order valence-corrected chi connectivity index (χ0v) is 8.17. The third-order valence-electron chi connectivity index (χ3n) is 2.00. The summed E-state index contributed by atoms with van der Waals surface area (Å²) in [6.45, 7) is -0.0472. The number of ether oxygens (including phenoxy) is 1. The molecule has 6 nitrogen and oxygen atoms in total. The largest absolute Gasteiger partial charge is 0.480 e. The van der Waals surface area contributed by atoms with E-state index < -0.39 is 0 Å². The topological polar surface area (TPSA) is 82.5 Å². The number of hydrogen-bond acceptors (Lipinski definition) is 5. The summed E-state index contributed by atoms with van der Waals surface area (Å²) in [5.41, 5.74) is 6.17. The zero-order valence-electron chi connectivity index (χ0n) is 8.17. The van der Waals surface area contributed by atoms with E-state index in [1.165, 1.54) is 13.3 Å². The van der Waals surface area contributed by atoms with Crippen molar-refractivity contribution in [3.8, 4) is 5.88 Å². The first-order valence-electron chi connectivity index (χ1n) is 4.36. The quantitative estimate of drug-likeness (QED) is 0.708. The monoisotopic (exact) mass is 206 g/mol. The van der Waals surface area contributed by atoms with Crippen molar-refractivity contribution in [1.29, 1.82) is 0 Å². The van der Waals surface area contributed by atoms with Crippen LogP contribution in [0.4, 0.5) is 0 Å². The summed E-state index contributed by atoms with van der Waals surface area (Å²) >= 11 is 0. The second kappa shape index (κ2) is 3.66. The van der Waals surface area contributed by atoms with E-state index in [2.05, 4.69) is 9.97 Å². The Morgan fingerprint density at radius 3 is 3.07 bits per heavy atom. The van der Waals surface area contributed by atoms with Crippen molar-refractivity contribution >= 4 is 11.4 Å². The molecule has 0 bridgehead atoms. The van der Waals surface area contributed by atoms with Gasteiger partial charge in [-0.25, -0.2) is 9.97 Å². The van der Waals surface area contributed by atoms with Crippen molar-refractivity contribution in [2.24, 2.45) is 5.73 Å². The molecule has 78 valence electrons. The highest BCUT2D eigenvalue weighted by Gasteiger charge is 2.09. The summed E-state index contributed by atoms with van der Waals surface area (Å²) in [6.07, 6.45) is 4.79. The molecule has 0 aliphatic heterocycles. The SMILES string of the molecule is COc1cn2cc(C(=O)CN)nc2cn1. The lowest BCUT2D eigenvalue weighted by Crippen LogP contribution is -2.13. The van der Waals surface area contributed by atoms with E-state index in [1.54, 1.807) is 16.8 Å². The predicted molar refractivity (Wildman–Crippen MR) is 52.9 cm³/mol. The van der Waals surface area contributed by atoms with E-state index in [1.807, 2.05) is 0 Å². The van der Waals surface area contributed by atoms with Crippen LogP contribution in [0.1, 0.15) is 10.5 Å². The summed E-state index contributed by atoms with van der Waals surface area (Å²) in [5.74, 6) is 0.268. The van der Waals surface area contributed by atoms with Crippen LogP contribution in [0.25, 0.3) is 5.65 Å². The maximum atomic E-state index is 11.3. The lowest BCUT2D eigenvalue weighted by Gasteiger charge is -1.97. The standard InChI is InChI=1S/C9H10N4O2/c1-15-9-5-13-4-6(7(14)2-10)12-8(13)3-11-9/h3-5H,2,10H2,1H3. The second-order valence-electron chi connectivity index (χ2n) is 2.95. The minimum absolute atomic E-state index is 0.0472. The minimum Gasteiger partial charge on any atom is -0.480 e. The van der Waals surface area contributed by atoms with Crippen molar-refractivity contribution in [3.63, 3.8) is 0 Å². The van der Waals surface area contributed by atoms with E-state index in [-0.39, 0.29) is 12.3 Å². The number of imidazole rings is 1. The Labute approximate surface area is 85.7 Å². The lowest BCUT2D eigenvalue weighted by atomic mass is 10.3. The van der Waals surface area contributed by atoms with Crippen molar-refractivity contribution < 1.29 is 9.53 Å². The summed E-state index contributed by atoms with van der Waals surface area (Å²) in [7, 11) is 1.52. The highest BCUT2D eigenvalue weighted by Crippen LogP contribution is 2.09. The van der Waals surface area contributed by atoms with Gasteiger partial charge in [-0.05, 0) is 0 Å². The number of Topliss-reactive ketones (excluding diaryl/α,β-unsaturated/α-hetero) is 1. The summed E-state index contributed by atoms with van der Waals surface area (Å²) < 4.78 is 6.62. The Hall–Kier alpha value is -1.95.